The number of morpholine rings is 1. The van der Waals surface area contributed by atoms with Crippen LogP contribution < -0.4 is 10.6 Å². The average Bonchev–Trinajstić information content (AvgIpc) is 3.54. The highest BCUT2D eigenvalue weighted by molar-refractivity contribution is 7.17. The highest BCUT2D eigenvalue weighted by atomic mass is 32.1. The van der Waals surface area contributed by atoms with E-state index in [0.29, 0.717) is 29.5 Å². The van der Waals surface area contributed by atoms with Gasteiger partial charge >= 0.3 is 12.1 Å². The lowest BCUT2D eigenvalue weighted by Crippen LogP contribution is -2.48. The van der Waals surface area contributed by atoms with E-state index in [0.717, 1.165) is 29.7 Å². The Morgan fingerprint density at radius 1 is 1.23 bits per heavy atom. The maximum Gasteiger partial charge on any atom is 0.471 e. The lowest BCUT2D eigenvalue weighted by Gasteiger charge is -2.23. The highest BCUT2D eigenvalue weighted by Crippen LogP contribution is 2.31. The topological polar surface area (TPSA) is 106 Å². The first-order chi connectivity index (χ1) is 16.6. The van der Waals surface area contributed by atoms with Gasteiger partial charge in [0.25, 0.3) is 5.91 Å². The van der Waals surface area contributed by atoms with Gasteiger partial charge in [0, 0.05) is 24.5 Å². The van der Waals surface area contributed by atoms with E-state index >= 15 is 0 Å². The van der Waals surface area contributed by atoms with Crippen molar-refractivity contribution in [3.63, 3.8) is 0 Å². The Morgan fingerprint density at radius 2 is 1.97 bits per heavy atom. The second-order valence-electron chi connectivity index (χ2n) is 8.23. The molecule has 1 aromatic carbocycles. The average molecular weight is 511 g/mol. The van der Waals surface area contributed by atoms with Crippen LogP contribution in [0.5, 0.6) is 0 Å². The zero-order valence-corrected chi connectivity index (χ0v) is 19.9. The normalized spacial score (nSPS) is 16.2. The molecule has 0 saturated carbocycles. The Balaban J connectivity index is 0.000000261. The number of hydrogen-bond donors (Lipinski definition) is 2. The molecule has 35 heavy (non-hydrogen) atoms. The van der Waals surface area contributed by atoms with Gasteiger partial charge in [-0.25, -0.2) is 0 Å². The molecule has 1 saturated heterocycles. The number of alkyl halides is 3. The summed E-state index contributed by atoms with van der Waals surface area (Å²) in [4.78, 5) is 26.7. The number of aromatic nitrogens is 2. The SMILES string of the molecule is CC(C)(C=O)c1ccccc1.O=C(NCC1COCCN1)c1ccc(-c2noc(C(F)(F)F)n2)s1. The van der Waals surface area contributed by atoms with Crippen molar-refractivity contribution in [2.45, 2.75) is 31.5 Å². The molecule has 0 bridgehead atoms. The Morgan fingerprint density at radius 3 is 2.57 bits per heavy atom. The van der Waals surface area contributed by atoms with Crippen LogP contribution in [0.1, 0.15) is 35.0 Å². The zero-order valence-electron chi connectivity index (χ0n) is 19.1. The summed E-state index contributed by atoms with van der Waals surface area (Å²) in [5.74, 6) is -1.94. The van der Waals surface area contributed by atoms with Crippen molar-refractivity contribution in [3.8, 4) is 10.7 Å². The van der Waals surface area contributed by atoms with Gasteiger partial charge in [-0.3, -0.25) is 4.79 Å². The van der Waals surface area contributed by atoms with Crippen LogP contribution in [0, 0.1) is 0 Å². The number of carbonyl (C=O) groups is 2. The third kappa shape index (κ3) is 7.44. The molecule has 1 amide bonds. The Bertz CT molecular complexity index is 1110. The van der Waals surface area contributed by atoms with Crippen molar-refractivity contribution in [1.29, 1.82) is 0 Å². The summed E-state index contributed by atoms with van der Waals surface area (Å²) >= 11 is 0.989. The molecule has 1 atom stereocenters. The molecule has 12 heteroatoms. The number of thiophene rings is 1. The van der Waals surface area contributed by atoms with Crippen molar-refractivity contribution in [3.05, 3.63) is 58.8 Å². The molecule has 1 unspecified atom stereocenters. The summed E-state index contributed by atoms with van der Waals surface area (Å²) in [6.45, 7) is 6.10. The van der Waals surface area contributed by atoms with Crippen molar-refractivity contribution in [2.75, 3.05) is 26.3 Å². The molecule has 0 aliphatic carbocycles. The fraction of sp³-hybridized carbons (Fsp3) is 0.391. The summed E-state index contributed by atoms with van der Waals surface area (Å²) in [6, 6.07) is 12.8. The van der Waals surface area contributed by atoms with E-state index in [1.165, 1.54) is 12.1 Å². The minimum Gasteiger partial charge on any atom is -0.378 e. The summed E-state index contributed by atoms with van der Waals surface area (Å²) in [5, 5.41) is 9.24. The van der Waals surface area contributed by atoms with Crippen LogP contribution >= 0.6 is 11.3 Å². The molecule has 3 heterocycles. The first-order valence-electron chi connectivity index (χ1n) is 10.7. The van der Waals surface area contributed by atoms with E-state index in [1.807, 2.05) is 44.2 Å². The highest BCUT2D eigenvalue weighted by Gasteiger charge is 2.38. The van der Waals surface area contributed by atoms with Crippen molar-refractivity contribution < 1.29 is 32.0 Å². The molecule has 8 nitrogen and oxygen atoms in total. The van der Waals surface area contributed by atoms with Gasteiger partial charge in [-0.1, -0.05) is 35.5 Å². The van der Waals surface area contributed by atoms with Crippen molar-refractivity contribution >= 4 is 23.5 Å². The number of rotatable bonds is 6. The Kier molecular flexibility index (Phi) is 8.76. The number of aldehydes is 1. The van der Waals surface area contributed by atoms with Gasteiger partial charge in [-0.2, -0.15) is 18.2 Å². The van der Waals surface area contributed by atoms with E-state index < -0.39 is 12.1 Å². The fourth-order valence-electron chi connectivity index (χ4n) is 3.01. The number of ether oxygens (including phenoxy) is 1. The molecule has 1 aliphatic rings. The standard InChI is InChI=1S/C13H13F3N4O3S.C10H12O/c14-13(15,16)12-19-10(20-23-12)8-1-2-9(24-8)11(21)18-5-7-6-22-4-3-17-7;1-10(2,8-11)9-6-4-3-5-7-9/h1-2,7,17H,3-6H2,(H,18,21);3-8H,1-2H3. The molecule has 4 rings (SSSR count). The molecule has 1 aliphatic heterocycles. The van der Waals surface area contributed by atoms with Gasteiger partial charge < -0.3 is 24.7 Å². The largest absolute Gasteiger partial charge is 0.471 e. The van der Waals surface area contributed by atoms with Crippen LogP contribution in [0.4, 0.5) is 13.2 Å². The quantitative estimate of drug-likeness (QED) is 0.487. The number of hydrogen-bond acceptors (Lipinski definition) is 8. The van der Waals surface area contributed by atoms with E-state index in [2.05, 4.69) is 25.3 Å². The molecule has 2 N–H and O–H groups in total. The minimum atomic E-state index is -4.70. The minimum absolute atomic E-state index is 0.0358. The van der Waals surface area contributed by atoms with Gasteiger partial charge in [0.05, 0.1) is 23.0 Å². The van der Waals surface area contributed by atoms with Crippen LogP contribution in [0.25, 0.3) is 10.7 Å². The zero-order chi connectivity index (χ0) is 25.5. The second-order valence-corrected chi connectivity index (χ2v) is 9.31. The lowest BCUT2D eigenvalue weighted by molar-refractivity contribution is -0.159. The van der Waals surface area contributed by atoms with E-state index in [9.17, 15) is 22.8 Å². The summed E-state index contributed by atoms with van der Waals surface area (Å²) in [5.41, 5.74) is 0.719. The molecule has 3 aromatic rings. The molecular formula is C23H25F3N4O4S. The van der Waals surface area contributed by atoms with Crippen LogP contribution in [0.2, 0.25) is 0 Å². The van der Waals surface area contributed by atoms with Gasteiger partial charge in [0.1, 0.15) is 6.29 Å². The number of carbonyl (C=O) groups excluding carboxylic acids is 2. The smallest absolute Gasteiger partial charge is 0.378 e. The number of nitrogens with zero attached hydrogens (tertiary/aromatic N) is 2. The summed E-state index contributed by atoms with van der Waals surface area (Å²) in [7, 11) is 0. The predicted octanol–water partition coefficient (Wildman–Crippen LogP) is 3.70. The molecular weight excluding hydrogens is 485 g/mol. The molecule has 1 fully saturated rings. The lowest BCUT2D eigenvalue weighted by atomic mass is 9.87. The van der Waals surface area contributed by atoms with Gasteiger partial charge in [-0.15, -0.1) is 11.3 Å². The predicted molar refractivity (Wildman–Crippen MR) is 123 cm³/mol. The number of amides is 1. The number of halogens is 3. The van der Waals surface area contributed by atoms with E-state index in [4.69, 9.17) is 4.74 Å². The summed E-state index contributed by atoms with van der Waals surface area (Å²) < 4.78 is 46.8. The first-order valence-corrected chi connectivity index (χ1v) is 11.5. The van der Waals surface area contributed by atoms with Crippen LogP contribution in [-0.4, -0.2) is 54.7 Å². The van der Waals surface area contributed by atoms with E-state index in [-0.39, 0.29) is 23.2 Å². The maximum absolute atomic E-state index is 12.5. The maximum atomic E-state index is 12.5. The fourth-order valence-corrected chi connectivity index (χ4v) is 3.86. The second kappa shape index (κ2) is 11.6. The Labute approximate surface area is 203 Å². The van der Waals surface area contributed by atoms with Gasteiger partial charge in [0.15, 0.2) is 0 Å². The first kappa shape index (κ1) is 26.5. The number of benzene rings is 1. The van der Waals surface area contributed by atoms with Crippen LogP contribution in [0.3, 0.4) is 0 Å². The third-order valence-electron chi connectivity index (χ3n) is 5.04. The molecule has 2 aromatic heterocycles. The number of nitrogens with one attached hydrogen (secondary N) is 2. The van der Waals surface area contributed by atoms with Gasteiger partial charge in [0.2, 0.25) is 5.82 Å². The molecule has 0 spiro atoms. The van der Waals surface area contributed by atoms with Gasteiger partial charge in [-0.05, 0) is 31.5 Å². The van der Waals surface area contributed by atoms with Crippen molar-refractivity contribution in [2.24, 2.45) is 0 Å². The molecule has 0 radical (unpaired) electrons. The van der Waals surface area contributed by atoms with Crippen LogP contribution in [0.15, 0.2) is 47.0 Å². The molecule has 188 valence electrons. The Hall–Kier alpha value is -3.09. The monoisotopic (exact) mass is 510 g/mol. The van der Waals surface area contributed by atoms with E-state index in [1.54, 1.807) is 0 Å². The third-order valence-corrected chi connectivity index (χ3v) is 6.12. The van der Waals surface area contributed by atoms with Crippen LogP contribution in [-0.2, 0) is 21.1 Å². The summed E-state index contributed by atoms with van der Waals surface area (Å²) in [6.07, 6.45) is -3.72. The van der Waals surface area contributed by atoms with Crippen molar-refractivity contribution in [1.82, 2.24) is 20.8 Å².